The predicted octanol–water partition coefficient (Wildman–Crippen LogP) is 3.31. The standard InChI is InChI=1S/C12H16Cl2N2O/c1-3-7(2)11(15)12(17)16-10-6-8(13)4-5-9(10)14/h4-7,11H,3,15H2,1-2H3,(H,16,17). The molecule has 1 amide bonds. The van der Waals surface area contributed by atoms with E-state index in [1.54, 1.807) is 18.2 Å². The van der Waals surface area contributed by atoms with Crippen LogP contribution in [0.3, 0.4) is 0 Å². The number of nitrogens with one attached hydrogen (secondary N) is 1. The number of halogens is 2. The van der Waals surface area contributed by atoms with Crippen molar-refractivity contribution in [2.24, 2.45) is 11.7 Å². The first-order chi connectivity index (χ1) is 7.95. The summed E-state index contributed by atoms with van der Waals surface area (Å²) in [5, 5.41) is 3.64. The highest BCUT2D eigenvalue weighted by Crippen LogP contribution is 2.25. The Bertz CT molecular complexity index is 409. The van der Waals surface area contributed by atoms with Gasteiger partial charge in [0.1, 0.15) is 0 Å². The van der Waals surface area contributed by atoms with Crippen molar-refractivity contribution in [3.8, 4) is 0 Å². The van der Waals surface area contributed by atoms with Gasteiger partial charge in [0.05, 0.1) is 16.8 Å². The lowest BCUT2D eigenvalue weighted by Crippen LogP contribution is -2.40. The molecule has 1 rings (SSSR count). The Kier molecular flexibility index (Phi) is 5.25. The molecule has 0 aromatic heterocycles. The molecule has 0 spiro atoms. The van der Waals surface area contributed by atoms with Gasteiger partial charge >= 0.3 is 0 Å². The van der Waals surface area contributed by atoms with Crippen molar-refractivity contribution in [3.63, 3.8) is 0 Å². The van der Waals surface area contributed by atoms with Crippen LogP contribution in [0.25, 0.3) is 0 Å². The number of nitrogens with two attached hydrogens (primary N) is 1. The van der Waals surface area contributed by atoms with Crippen LogP contribution in [0.4, 0.5) is 5.69 Å². The Labute approximate surface area is 111 Å². The second-order valence-electron chi connectivity index (χ2n) is 4.02. The Balaban J connectivity index is 2.77. The number of hydrogen-bond donors (Lipinski definition) is 2. The smallest absolute Gasteiger partial charge is 0.241 e. The Hall–Kier alpha value is -0.770. The van der Waals surface area contributed by atoms with Gasteiger partial charge in [-0.05, 0) is 24.1 Å². The van der Waals surface area contributed by atoms with Gasteiger partial charge in [-0.15, -0.1) is 0 Å². The molecule has 0 aliphatic carbocycles. The van der Waals surface area contributed by atoms with Crippen molar-refractivity contribution in [2.75, 3.05) is 5.32 Å². The summed E-state index contributed by atoms with van der Waals surface area (Å²) in [7, 11) is 0. The molecule has 0 aliphatic rings. The fraction of sp³-hybridized carbons (Fsp3) is 0.417. The van der Waals surface area contributed by atoms with E-state index in [9.17, 15) is 4.79 Å². The number of carbonyl (C=O) groups is 1. The van der Waals surface area contributed by atoms with Gasteiger partial charge in [0.2, 0.25) is 5.91 Å². The minimum absolute atomic E-state index is 0.118. The predicted molar refractivity (Wildman–Crippen MR) is 72.5 cm³/mol. The van der Waals surface area contributed by atoms with Gasteiger partial charge in [-0.3, -0.25) is 4.79 Å². The van der Waals surface area contributed by atoms with E-state index in [0.29, 0.717) is 15.7 Å². The quantitative estimate of drug-likeness (QED) is 0.885. The van der Waals surface area contributed by atoms with Crippen LogP contribution in [0.15, 0.2) is 18.2 Å². The van der Waals surface area contributed by atoms with E-state index in [-0.39, 0.29) is 11.8 Å². The molecule has 0 bridgehead atoms. The van der Waals surface area contributed by atoms with Crippen LogP contribution in [-0.4, -0.2) is 11.9 Å². The van der Waals surface area contributed by atoms with Crippen LogP contribution < -0.4 is 11.1 Å². The van der Waals surface area contributed by atoms with Crippen molar-refractivity contribution >= 4 is 34.8 Å². The SMILES string of the molecule is CCC(C)C(N)C(=O)Nc1cc(Cl)ccc1Cl. The summed E-state index contributed by atoms with van der Waals surface area (Å²) in [4.78, 5) is 11.8. The number of anilines is 1. The van der Waals surface area contributed by atoms with Gasteiger partial charge in [0.25, 0.3) is 0 Å². The largest absolute Gasteiger partial charge is 0.323 e. The van der Waals surface area contributed by atoms with Gasteiger partial charge in [0, 0.05) is 5.02 Å². The summed E-state index contributed by atoms with van der Waals surface area (Å²) in [6, 6.07) is 4.35. The number of carbonyl (C=O) groups excluding carboxylic acids is 1. The van der Waals surface area contributed by atoms with Crippen molar-refractivity contribution in [3.05, 3.63) is 28.2 Å². The Morgan fingerprint density at radius 1 is 1.47 bits per heavy atom. The van der Waals surface area contributed by atoms with Crippen LogP contribution in [0, 0.1) is 5.92 Å². The maximum Gasteiger partial charge on any atom is 0.241 e. The lowest BCUT2D eigenvalue weighted by atomic mass is 9.99. The van der Waals surface area contributed by atoms with Crippen LogP contribution in [-0.2, 0) is 4.79 Å². The zero-order chi connectivity index (χ0) is 13.0. The van der Waals surface area contributed by atoms with E-state index >= 15 is 0 Å². The Morgan fingerprint density at radius 3 is 2.71 bits per heavy atom. The first-order valence-electron chi connectivity index (χ1n) is 5.47. The molecule has 0 radical (unpaired) electrons. The summed E-state index contributed by atoms with van der Waals surface area (Å²) < 4.78 is 0. The molecular weight excluding hydrogens is 259 g/mol. The van der Waals surface area contributed by atoms with Crippen molar-refractivity contribution in [2.45, 2.75) is 26.3 Å². The van der Waals surface area contributed by atoms with Gasteiger partial charge in [-0.1, -0.05) is 43.5 Å². The fourth-order valence-electron chi connectivity index (χ4n) is 1.32. The molecule has 2 unspecified atom stereocenters. The molecule has 17 heavy (non-hydrogen) atoms. The lowest BCUT2D eigenvalue weighted by Gasteiger charge is -2.18. The average molecular weight is 275 g/mol. The molecule has 1 aromatic carbocycles. The summed E-state index contributed by atoms with van der Waals surface area (Å²) in [6.07, 6.45) is 0.845. The van der Waals surface area contributed by atoms with E-state index in [1.807, 2.05) is 13.8 Å². The number of rotatable bonds is 4. The van der Waals surface area contributed by atoms with Gasteiger partial charge in [-0.2, -0.15) is 0 Å². The molecule has 0 heterocycles. The van der Waals surface area contributed by atoms with Gasteiger partial charge in [0.15, 0.2) is 0 Å². The number of hydrogen-bond acceptors (Lipinski definition) is 2. The number of amides is 1. The number of benzene rings is 1. The van der Waals surface area contributed by atoms with Gasteiger partial charge < -0.3 is 11.1 Å². The third-order valence-electron chi connectivity index (χ3n) is 2.75. The molecule has 94 valence electrons. The maximum atomic E-state index is 11.8. The third-order valence-corrected chi connectivity index (χ3v) is 3.31. The van der Waals surface area contributed by atoms with Crippen LogP contribution in [0.2, 0.25) is 10.0 Å². The van der Waals surface area contributed by atoms with Gasteiger partial charge in [-0.25, -0.2) is 0 Å². The molecule has 0 aliphatic heterocycles. The summed E-state index contributed by atoms with van der Waals surface area (Å²) in [5.41, 5.74) is 6.31. The highest BCUT2D eigenvalue weighted by molar-refractivity contribution is 6.35. The average Bonchev–Trinajstić information content (AvgIpc) is 2.31. The first-order valence-corrected chi connectivity index (χ1v) is 6.22. The van der Waals surface area contributed by atoms with E-state index in [1.165, 1.54) is 0 Å². The molecule has 0 saturated heterocycles. The van der Waals surface area contributed by atoms with Crippen LogP contribution in [0.5, 0.6) is 0 Å². The zero-order valence-corrected chi connectivity index (χ0v) is 11.3. The Morgan fingerprint density at radius 2 is 2.12 bits per heavy atom. The molecule has 3 nitrogen and oxygen atoms in total. The topological polar surface area (TPSA) is 55.1 Å². The molecule has 3 N–H and O–H groups in total. The first kappa shape index (κ1) is 14.3. The van der Waals surface area contributed by atoms with Crippen molar-refractivity contribution < 1.29 is 4.79 Å². The summed E-state index contributed by atoms with van der Waals surface area (Å²) in [5.74, 6) is -0.128. The normalized spacial score (nSPS) is 14.2. The molecule has 2 atom stereocenters. The summed E-state index contributed by atoms with van der Waals surface area (Å²) in [6.45, 7) is 3.92. The summed E-state index contributed by atoms with van der Waals surface area (Å²) >= 11 is 11.8. The second-order valence-corrected chi connectivity index (χ2v) is 4.87. The molecular formula is C12H16Cl2N2O. The third kappa shape index (κ3) is 3.87. The second kappa shape index (κ2) is 6.24. The van der Waals surface area contributed by atoms with E-state index in [4.69, 9.17) is 28.9 Å². The minimum Gasteiger partial charge on any atom is -0.323 e. The lowest BCUT2D eigenvalue weighted by molar-refractivity contribution is -0.118. The molecule has 0 saturated carbocycles. The van der Waals surface area contributed by atoms with Crippen LogP contribution >= 0.6 is 23.2 Å². The van der Waals surface area contributed by atoms with Crippen LogP contribution in [0.1, 0.15) is 20.3 Å². The molecule has 0 fully saturated rings. The monoisotopic (exact) mass is 274 g/mol. The minimum atomic E-state index is -0.546. The molecule has 5 heteroatoms. The highest BCUT2D eigenvalue weighted by Gasteiger charge is 2.20. The van der Waals surface area contributed by atoms with Crippen molar-refractivity contribution in [1.29, 1.82) is 0 Å². The van der Waals surface area contributed by atoms with E-state index < -0.39 is 6.04 Å². The van der Waals surface area contributed by atoms with E-state index in [0.717, 1.165) is 6.42 Å². The van der Waals surface area contributed by atoms with Crippen molar-refractivity contribution in [1.82, 2.24) is 0 Å². The maximum absolute atomic E-state index is 11.8. The zero-order valence-electron chi connectivity index (χ0n) is 9.84. The highest BCUT2D eigenvalue weighted by atomic mass is 35.5. The molecule has 1 aromatic rings. The fourth-order valence-corrected chi connectivity index (χ4v) is 1.66. The van der Waals surface area contributed by atoms with E-state index in [2.05, 4.69) is 5.32 Å².